The molecule has 16 nitrogen and oxygen atoms in total. The Balaban J connectivity index is 0.000000180. The lowest BCUT2D eigenvalue weighted by Gasteiger charge is -2.36. The van der Waals surface area contributed by atoms with Crippen molar-refractivity contribution in [3.05, 3.63) is 104 Å². The molecule has 2 fully saturated rings. The summed E-state index contributed by atoms with van der Waals surface area (Å²) in [5, 5.41) is 12.7. The van der Waals surface area contributed by atoms with Crippen molar-refractivity contribution >= 4 is 81.2 Å². The van der Waals surface area contributed by atoms with Gasteiger partial charge in [-0.15, -0.1) is 11.6 Å². The Kier molecular flexibility index (Phi) is 17.0. The quantitative estimate of drug-likeness (QED) is 0.141. The van der Waals surface area contributed by atoms with Crippen molar-refractivity contribution in [2.24, 2.45) is 0 Å². The molecule has 0 radical (unpaired) electrons. The number of rotatable bonds is 9. The maximum absolute atomic E-state index is 14.4. The standard InChI is InChI=1S/C21H21Cl2FN6O2.C13H15Cl2FN2O2.C8H7ClN4/c1-13-19(23)20(21-25-4-3-5-26-21)27-30(13)12-18(31)29-8-6-28(7-9-29)16-11-17(32-2)14(22)10-15(16)24;1-20-12-7-11(10(16)6-9(12)15)17-2-4-18(5-3-17)13(19)8-14;1-5-6(9)7(13-12-5)8-10-3-2-4-11-8/h3-5,10-11H,6-9,12H2,1-2H3;6-7H,2-5,8H2,1H3;2-4H,1H3,(H,12,13). The van der Waals surface area contributed by atoms with Crippen LogP contribution in [0.2, 0.25) is 20.1 Å². The molecule has 4 aromatic heterocycles. The molecule has 2 amide bonds. The number of aromatic nitrogens is 8. The van der Waals surface area contributed by atoms with Crippen LogP contribution >= 0.6 is 58.0 Å². The molecule has 0 saturated carbocycles. The van der Waals surface area contributed by atoms with Crippen LogP contribution < -0.4 is 19.3 Å². The monoisotopic (exact) mass is 992 g/mol. The van der Waals surface area contributed by atoms with Crippen molar-refractivity contribution in [3.8, 4) is 34.5 Å². The second-order valence-electron chi connectivity index (χ2n) is 14.3. The number of nitrogens with zero attached hydrogens (tertiary/aromatic N) is 11. The van der Waals surface area contributed by atoms with Crippen molar-refractivity contribution in [2.45, 2.75) is 20.4 Å². The second-order valence-corrected chi connectivity index (χ2v) is 16.1. The van der Waals surface area contributed by atoms with Gasteiger partial charge < -0.3 is 29.1 Å². The van der Waals surface area contributed by atoms with E-state index < -0.39 is 11.6 Å². The van der Waals surface area contributed by atoms with E-state index in [4.69, 9.17) is 67.5 Å². The van der Waals surface area contributed by atoms with Crippen LogP contribution in [0.25, 0.3) is 23.0 Å². The van der Waals surface area contributed by atoms with Crippen molar-refractivity contribution in [3.63, 3.8) is 0 Å². The highest BCUT2D eigenvalue weighted by atomic mass is 35.5. The third-order valence-electron chi connectivity index (χ3n) is 10.3. The van der Waals surface area contributed by atoms with Gasteiger partial charge in [-0.05, 0) is 38.1 Å². The van der Waals surface area contributed by atoms with Crippen molar-refractivity contribution in [2.75, 3.05) is 82.3 Å². The number of piperazine rings is 2. The van der Waals surface area contributed by atoms with Gasteiger partial charge in [0.15, 0.2) is 11.6 Å². The van der Waals surface area contributed by atoms with Gasteiger partial charge in [0.05, 0.1) is 57.1 Å². The maximum atomic E-state index is 14.4. The van der Waals surface area contributed by atoms with Gasteiger partial charge in [-0.2, -0.15) is 10.2 Å². The predicted octanol–water partition coefficient (Wildman–Crippen LogP) is 7.66. The molecule has 344 valence electrons. The number of carbonyl (C=O) groups excluding carboxylic acids is 2. The third kappa shape index (κ3) is 11.8. The number of carbonyl (C=O) groups is 2. The SMILES string of the molecule is COc1cc(N2CCN(C(=O)CCl)CC2)c(F)cc1Cl.COc1cc(N2CCN(C(=O)Cn3nc(-c4ncccn4)c(Cl)c3C)CC2)c(F)cc1Cl.Cc1[nH]nc(-c2ncccn2)c1Cl. The van der Waals surface area contributed by atoms with E-state index in [0.29, 0.717) is 114 Å². The largest absolute Gasteiger partial charge is 0.495 e. The van der Waals surface area contributed by atoms with Gasteiger partial charge in [-0.1, -0.05) is 46.4 Å². The molecular formula is C42H43Cl5F2N12O4. The Bertz CT molecular complexity index is 2580. The summed E-state index contributed by atoms with van der Waals surface area (Å²) in [5.41, 5.74) is 3.36. The first-order chi connectivity index (χ1) is 31.2. The number of nitrogens with one attached hydrogen (secondary N) is 1. The van der Waals surface area contributed by atoms with Crippen LogP contribution in [-0.2, 0) is 16.1 Å². The average molecular weight is 995 g/mol. The van der Waals surface area contributed by atoms with Crippen LogP contribution in [0.4, 0.5) is 20.2 Å². The maximum Gasteiger partial charge on any atom is 0.244 e. The molecule has 6 aromatic rings. The number of benzene rings is 2. The molecule has 0 unspecified atom stereocenters. The van der Waals surface area contributed by atoms with Gasteiger partial charge in [0.1, 0.15) is 46.9 Å². The average Bonchev–Trinajstić information content (AvgIpc) is 3.81. The number of hydrogen-bond donors (Lipinski definition) is 1. The molecule has 0 bridgehead atoms. The third-order valence-corrected chi connectivity index (χ3v) is 12.1. The van der Waals surface area contributed by atoms with Crippen molar-refractivity contribution < 1.29 is 27.8 Å². The zero-order valence-electron chi connectivity index (χ0n) is 35.5. The number of methoxy groups -OCH3 is 2. The van der Waals surface area contributed by atoms with Crippen molar-refractivity contribution in [1.29, 1.82) is 0 Å². The highest BCUT2D eigenvalue weighted by Gasteiger charge is 2.27. The molecule has 23 heteroatoms. The Morgan fingerprint density at radius 3 is 1.52 bits per heavy atom. The van der Waals surface area contributed by atoms with E-state index in [1.54, 1.807) is 70.5 Å². The van der Waals surface area contributed by atoms with E-state index in [0.717, 1.165) is 5.69 Å². The summed E-state index contributed by atoms with van der Waals surface area (Å²) in [6.45, 7) is 7.69. The van der Waals surface area contributed by atoms with E-state index in [2.05, 4.69) is 35.2 Å². The minimum Gasteiger partial charge on any atom is -0.495 e. The Morgan fingerprint density at radius 2 is 1.11 bits per heavy atom. The second kappa shape index (κ2) is 22.6. The minimum absolute atomic E-state index is 0.0247. The molecule has 2 aromatic carbocycles. The Hall–Kier alpha value is -5.53. The van der Waals surface area contributed by atoms with Crippen LogP contribution in [-0.4, -0.2) is 134 Å². The molecule has 2 saturated heterocycles. The number of hydrogen-bond acceptors (Lipinski definition) is 12. The number of ether oxygens (including phenoxy) is 2. The van der Waals surface area contributed by atoms with E-state index in [1.165, 1.54) is 26.4 Å². The number of aryl methyl sites for hydroxylation is 1. The number of aromatic amines is 1. The number of alkyl halides is 1. The molecule has 2 aliphatic heterocycles. The minimum atomic E-state index is -0.423. The molecule has 0 atom stereocenters. The highest BCUT2D eigenvalue weighted by molar-refractivity contribution is 6.34. The molecule has 0 aliphatic carbocycles. The van der Waals surface area contributed by atoms with Gasteiger partial charge in [-0.25, -0.2) is 28.7 Å². The fraction of sp³-hybridized carbons (Fsp3) is 0.333. The predicted molar refractivity (Wildman–Crippen MR) is 247 cm³/mol. The van der Waals surface area contributed by atoms with Crippen LogP contribution in [0, 0.1) is 25.5 Å². The molecule has 0 spiro atoms. The zero-order chi connectivity index (χ0) is 46.8. The fourth-order valence-corrected chi connectivity index (χ4v) is 7.78. The first-order valence-electron chi connectivity index (χ1n) is 19.9. The lowest BCUT2D eigenvalue weighted by Crippen LogP contribution is -2.50. The smallest absolute Gasteiger partial charge is 0.244 e. The first-order valence-corrected chi connectivity index (χ1v) is 21.9. The molecule has 6 heterocycles. The number of halogens is 7. The summed E-state index contributed by atoms with van der Waals surface area (Å²) >= 11 is 29.8. The van der Waals surface area contributed by atoms with Gasteiger partial charge in [0.25, 0.3) is 0 Å². The van der Waals surface area contributed by atoms with E-state index in [-0.39, 0.29) is 34.3 Å². The lowest BCUT2D eigenvalue weighted by atomic mass is 10.2. The topological polar surface area (TPSA) is 164 Å². The zero-order valence-corrected chi connectivity index (χ0v) is 39.3. The Labute approximate surface area is 398 Å². The molecule has 1 N–H and O–H groups in total. The summed E-state index contributed by atoms with van der Waals surface area (Å²) < 4.78 is 40.3. The molecule has 65 heavy (non-hydrogen) atoms. The van der Waals surface area contributed by atoms with Crippen LogP contribution in [0.15, 0.2) is 61.2 Å². The summed E-state index contributed by atoms with van der Waals surface area (Å²) in [4.78, 5) is 48.0. The number of H-pyrrole nitrogens is 1. The van der Waals surface area contributed by atoms with Gasteiger partial charge in [0.2, 0.25) is 11.8 Å². The summed E-state index contributed by atoms with van der Waals surface area (Å²) in [6, 6.07) is 9.10. The first kappa shape index (κ1) is 48.9. The van der Waals surface area contributed by atoms with Crippen LogP contribution in [0.1, 0.15) is 11.4 Å². The van der Waals surface area contributed by atoms with Crippen LogP contribution in [0.3, 0.4) is 0 Å². The molecule has 2 aliphatic rings. The van der Waals surface area contributed by atoms with Gasteiger partial charge >= 0.3 is 0 Å². The summed E-state index contributed by atoms with van der Waals surface area (Å²) in [5.74, 6) is 0.747. The number of anilines is 2. The van der Waals surface area contributed by atoms with E-state index in [1.807, 2.05) is 16.7 Å². The molecular weight excluding hydrogens is 952 g/mol. The summed E-state index contributed by atoms with van der Waals surface area (Å²) in [7, 11) is 2.97. The van der Waals surface area contributed by atoms with Crippen LogP contribution in [0.5, 0.6) is 11.5 Å². The lowest BCUT2D eigenvalue weighted by molar-refractivity contribution is -0.132. The normalized spacial score (nSPS) is 13.7. The van der Waals surface area contributed by atoms with E-state index in [9.17, 15) is 18.4 Å². The van der Waals surface area contributed by atoms with Gasteiger partial charge in [-0.3, -0.25) is 19.4 Å². The molecule has 8 rings (SSSR count). The van der Waals surface area contributed by atoms with Crippen molar-refractivity contribution in [1.82, 2.24) is 49.7 Å². The number of amides is 2. The van der Waals surface area contributed by atoms with Gasteiger partial charge in [0, 0.05) is 89.3 Å². The summed E-state index contributed by atoms with van der Waals surface area (Å²) in [6.07, 6.45) is 6.53. The van der Waals surface area contributed by atoms with E-state index >= 15 is 0 Å². The Morgan fingerprint density at radius 1 is 0.662 bits per heavy atom. The highest BCUT2D eigenvalue weighted by Crippen LogP contribution is 2.34. The fourth-order valence-electron chi connectivity index (χ4n) is 6.77.